The number of pyridine rings is 1. The molecular weight excluding hydrogens is 290 g/mol. The normalized spacial score (nSPS) is 11.5. The van der Waals surface area contributed by atoms with Gasteiger partial charge in [0.2, 0.25) is 0 Å². The number of rotatable bonds is 7. The van der Waals surface area contributed by atoms with Gasteiger partial charge in [-0.15, -0.1) is 0 Å². The molecule has 2 N–H and O–H groups in total. The Kier molecular flexibility index (Phi) is 6.14. The lowest BCUT2D eigenvalue weighted by Crippen LogP contribution is -2.26. The van der Waals surface area contributed by atoms with Gasteiger partial charge < -0.3 is 10.6 Å². The van der Waals surface area contributed by atoms with Crippen molar-refractivity contribution in [2.24, 2.45) is 0 Å². The van der Waals surface area contributed by atoms with Crippen LogP contribution in [0.15, 0.2) is 12.1 Å². The van der Waals surface area contributed by atoms with E-state index in [1.54, 1.807) is 19.2 Å². The van der Waals surface area contributed by atoms with E-state index in [0.717, 1.165) is 5.69 Å². The third-order valence-corrected chi connectivity index (χ3v) is 3.96. The summed E-state index contributed by atoms with van der Waals surface area (Å²) in [6.45, 7) is 4.35. The minimum absolute atomic E-state index is 0.0721. The molecule has 0 unspecified atom stereocenters. The van der Waals surface area contributed by atoms with Crippen molar-refractivity contribution in [3.05, 3.63) is 23.4 Å². The maximum absolute atomic E-state index is 12.1. The number of aromatic nitrogens is 1. The van der Waals surface area contributed by atoms with E-state index in [-0.39, 0.29) is 17.6 Å². The molecule has 1 heterocycles. The SMILES string of the molecule is CNc1cc(C(=O)NCCCS(C)(=O)=O)cc(C(C)C)n1. The van der Waals surface area contributed by atoms with Crippen LogP contribution >= 0.6 is 0 Å². The van der Waals surface area contributed by atoms with Crippen LogP contribution in [0.5, 0.6) is 0 Å². The third kappa shape index (κ3) is 6.12. The zero-order valence-electron chi connectivity index (χ0n) is 12.9. The predicted octanol–water partition coefficient (Wildman–Crippen LogP) is 1.41. The summed E-state index contributed by atoms with van der Waals surface area (Å²) in [7, 11) is -1.24. The van der Waals surface area contributed by atoms with Crippen LogP contribution in [-0.2, 0) is 9.84 Å². The first-order valence-electron chi connectivity index (χ1n) is 6.88. The van der Waals surface area contributed by atoms with Gasteiger partial charge in [0.05, 0.1) is 5.75 Å². The van der Waals surface area contributed by atoms with Gasteiger partial charge in [-0.1, -0.05) is 13.8 Å². The molecule has 21 heavy (non-hydrogen) atoms. The van der Waals surface area contributed by atoms with Gasteiger partial charge in [0.25, 0.3) is 5.91 Å². The number of carbonyl (C=O) groups is 1. The topological polar surface area (TPSA) is 88.2 Å². The number of anilines is 1. The van der Waals surface area contributed by atoms with E-state index in [1.165, 1.54) is 6.26 Å². The van der Waals surface area contributed by atoms with Crippen LogP contribution < -0.4 is 10.6 Å². The number of sulfone groups is 1. The Bertz CT molecular complexity index is 597. The largest absolute Gasteiger partial charge is 0.373 e. The first-order valence-corrected chi connectivity index (χ1v) is 8.94. The van der Waals surface area contributed by atoms with Crippen LogP contribution in [0.4, 0.5) is 5.82 Å². The molecule has 0 bridgehead atoms. The smallest absolute Gasteiger partial charge is 0.251 e. The highest BCUT2D eigenvalue weighted by Gasteiger charge is 2.11. The Morgan fingerprint density at radius 2 is 2.00 bits per heavy atom. The molecule has 0 aliphatic heterocycles. The average molecular weight is 313 g/mol. The Morgan fingerprint density at radius 1 is 1.33 bits per heavy atom. The minimum Gasteiger partial charge on any atom is -0.373 e. The van der Waals surface area contributed by atoms with Crippen molar-refractivity contribution in [1.29, 1.82) is 0 Å². The summed E-state index contributed by atoms with van der Waals surface area (Å²) in [5.74, 6) is 0.713. The number of hydrogen-bond donors (Lipinski definition) is 2. The molecule has 0 saturated heterocycles. The fourth-order valence-corrected chi connectivity index (χ4v) is 2.41. The second kappa shape index (κ2) is 7.40. The monoisotopic (exact) mass is 313 g/mol. The van der Waals surface area contributed by atoms with Crippen LogP contribution in [0.2, 0.25) is 0 Å². The summed E-state index contributed by atoms with van der Waals surface area (Å²) < 4.78 is 22.0. The molecule has 0 aliphatic carbocycles. The molecule has 1 aromatic heterocycles. The van der Waals surface area contributed by atoms with Crippen LogP contribution in [0.25, 0.3) is 0 Å². The average Bonchev–Trinajstić information content (AvgIpc) is 2.41. The van der Waals surface area contributed by atoms with Gasteiger partial charge in [-0.3, -0.25) is 4.79 Å². The fourth-order valence-electron chi connectivity index (χ4n) is 1.75. The zero-order chi connectivity index (χ0) is 16.0. The molecule has 0 aromatic carbocycles. The number of hydrogen-bond acceptors (Lipinski definition) is 5. The molecule has 0 fully saturated rings. The van der Waals surface area contributed by atoms with Crippen molar-refractivity contribution in [2.45, 2.75) is 26.2 Å². The molecule has 0 spiro atoms. The molecular formula is C14H23N3O3S. The standard InChI is InChI=1S/C14H23N3O3S/c1-10(2)12-8-11(9-13(15-3)17-12)14(18)16-6-5-7-21(4,19)20/h8-10H,5-7H2,1-4H3,(H,15,17)(H,16,18). The number of amides is 1. The molecule has 6 nitrogen and oxygen atoms in total. The molecule has 7 heteroatoms. The molecule has 1 aromatic rings. The van der Waals surface area contributed by atoms with Crippen molar-refractivity contribution in [1.82, 2.24) is 10.3 Å². The molecule has 118 valence electrons. The van der Waals surface area contributed by atoms with E-state index in [9.17, 15) is 13.2 Å². The first-order chi connectivity index (χ1) is 9.73. The Hall–Kier alpha value is -1.63. The maximum Gasteiger partial charge on any atom is 0.251 e. The molecule has 0 aliphatic rings. The fraction of sp³-hybridized carbons (Fsp3) is 0.571. The van der Waals surface area contributed by atoms with E-state index in [4.69, 9.17) is 0 Å². The van der Waals surface area contributed by atoms with Crippen molar-refractivity contribution in [3.8, 4) is 0 Å². The Labute approximate surface area is 126 Å². The van der Waals surface area contributed by atoms with Gasteiger partial charge in [0.1, 0.15) is 15.7 Å². The molecule has 0 radical (unpaired) electrons. The van der Waals surface area contributed by atoms with E-state index < -0.39 is 9.84 Å². The highest BCUT2D eigenvalue weighted by Crippen LogP contribution is 2.17. The highest BCUT2D eigenvalue weighted by molar-refractivity contribution is 7.90. The van der Waals surface area contributed by atoms with Crippen LogP contribution in [0.1, 0.15) is 42.2 Å². The van der Waals surface area contributed by atoms with Crippen LogP contribution in [-0.4, -0.2) is 44.9 Å². The summed E-state index contributed by atoms with van der Waals surface area (Å²) in [6, 6.07) is 3.44. The third-order valence-electron chi connectivity index (χ3n) is 2.93. The minimum atomic E-state index is -2.99. The molecule has 1 rings (SSSR count). The zero-order valence-corrected chi connectivity index (χ0v) is 13.8. The lowest BCUT2D eigenvalue weighted by molar-refractivity contribution is 0.0953. The maximum atomic E-state index is 12.1. The van der Waals surface area contributed by atoms with E-state index in [2.05, 4.69) is 15.6 Å². The summed E-state index contributed by atoms with van der Waals surface area (Å²) in [6.07, 6.45) is 1.59. The summed E-state index contributed by atoms with van der Waals surface area (Å²) in [4.78, 5) is 16.5. The van der Waals surface area contributed by atoms with Crippen LogP contribution in [0, 0.1) is 0 Å². The highest BCUT2D eigenvalue weighted by atomic mass is 32.2. The lowest BCUT2D eigenvalue weighted by Gasteiger charge is -2.11. The second-order valence-corrected chi connectivity index (χ2v) is 7.57. The molecule has 0 saturated carbocycles. The van der Waals surface area contributed by atoms with Gasteiger partial charge in [-0.25, -0.2) is 13.4 Å². The molecule has 0 atom stereocenters. The Balaban J connectivity index is 2.71. The number of carbonyl (C=O) groups excluding carboxylic acids is 1. The number of nitrogens with one attached hydrogen (secondary N) is 2. The van der Waals surface area contributed by atoms with Crippen molar-refractivity contribution in [2.75, 3.05) is 30.9 Å². The van der Waals surface area contributed by atoms with Gasteiger partial charge >= 0.3 is 0 Å². The van der Waals surface area contributed by atoms with Crippen molar-refractivity contribution >= 4 is 21.6 Å². The van der Waals surface area contributed by atoms with E-state index in [0.29, 0.717) is 24.3 Å². The number of nitrogens with zero attached hydrogens (tertiary/aromatic N) is 1. The quantitative estimate of drug-likeness (QED) is 0.743. The van der Waals surface area contributed by atoms with Crippen LogP contribution in [0.3, 0.4) is 0 Å². The predicted molar refractivity (Wildman–Crippen MR) is 84.5 cm³/mol. The summed E-state index contributed by atoms with van der Waals surface area (Å²) in [5.41, 5.74) is 1.36. The van der Waals surface area contributed by atoms with Crippen molar-refractivity contribution < 1.29 is 13.2 Å². The second-order valence-electron chi connectivity index (χ2n) is 5.31. The van der Waals surface area contributed by atoms with Gasteiger partial charge in [0.15, 0.2) is 0 Å². The summed E-state index contributed by atoms with van der Waals surface area (Å²) in [5, 5.41) is 5.66. The first kappa shape index (κ1) is 17.4. The lowest BCUT2D eigenvalue weighted by atomic mass is 10.1. The Morgan fingerprint density at radius 3 is 2.52 bits per heavy atom. The van der Waals surface area contributed by atoms with Gasteiger partial charge in [-0.2, -0.15) is 0 Å². The molecule has 1 amide bonds. The van der Waals surface area contributed by atoms with Crippen molar-refractivity contribution in [3.63, 3.8) is 0 Å². The summed E-state index contributed by atoms with van der Waals surface area (Å²) >= 11 is 0. The van der Waals surface area contributed by atoms with Gasteiger partial charge in [-0.05, 0) is 24.5 Å². The van der Waals surface area contributed by atoms with Gasteiger partial charge in [0, 0.05) is 31.1 Å². The van der Waals surface area contributed by atoms with E-state index in [1.807, 2.05) is 13.8 Å². The van der Waals surface area contributed by atoms with E-state index >= 15 is 0 Å².